The van der Waals surface area contributed by atoms with Crippen LogP contribution in [0.3, 0.4) is 0 Å². The zero-order chi connectivity index (χ0) is 19.6. The third-order valence-corrected chi connectivity index (χ3v) is 4.70. The van der Waals surface area contributed by atoms with Crippen molar-refractivity contribution in [3.05, 3.63) is 96.1 Å². The summed E-state index contributed by atoms with van der Waals surface area (Å²) in [5, 5.41) is 17.1. The van der Waals surface area contributed by atoms with Crippen LogP contribution in [0.5, 0.6) is 0 Å². The number of carbonyl (C=O) groups is 2. The Labute approximate surface area is 162 Å². The molecule has 3 aromatic carbocycles. The lowest BCUT2D eigenvalue weighted by molar-refractivity contribution is -0.140. The summed E-state index contributed by atoms with van der Waals surface area (Å²) in [6.45, 7) is 0.231. The average Bonchev–Trinajstić information content (AvgIpc) is 2.73. The molecule has 3 amide bonds. The summed E-state index contributed by atoms with van der Waals surface area (Å²) in [6, 6.07) is 24.2. The van der Waals surface area contributed by atoms with Crippen LogP contribution in [0.1, 0.15) is 11.1 Å². The van der Waals surface area contributed by atoms with Crippen molar-refractivity contribution in [1.29, 1.82) is 0 Å². The highest BCUT2D eigenvalue weighted by Crippen LogP contribution is 2.39. The minimum atomic E-state index is -2.19. The van der Waals surface area contributed by atoms with Gasteiger partial charge in [-0.3, -0.25) is 9.69 Å². The molecule has 0 aromatic heterocycles. The third kappa shape index (κ3) is 3.00. The molecule has 0 saturated carbocycles. The van der Waals surface area contributed by atoms with Gasteiger partial charge in [0.05, 0.1) is 5.69 Å². The predicted octanol–water partition coefficient (Wildman–Crippen LogP) is 3.20. The first kappa shape index (κ1) is 17.8. The van der Waals surface area contributed by atoms with E-state index in [2.05, 4.69) is 10.6 Å². The van der Waals surface area contributed by atoms with Gasteiger partial charge in [-0.25, -0.2) is 4.79 Å². The minimum absolute atomic E-state index is 0.231. The first-order chi connectivity index (χ1) is 13.6. The van der Waals surface area contributed by atoms with Gasteiger partial charge in [0.15, 0.2) is 0 Å². The second kappa shape index (κ2) is 7.17. The molecule has 3 aromatic rings. The summed E-state index contributed by atoms with van der Waals surface area (Å²) in [5.74, 6) is -0.678. The van der Waals surface area contributed by atoms with Crippen molar-refractivity contribution in [2.75, 3.05) is 10.2 Å². The fraction of sp³-hybridized carbons (Fsp3) is 0.0909. The summed E-state index contributed by atoms with van der Waals surface area (Å²) in [6.07, 6.45) is 0. The highest BCUT2D eigenvalue weighted by molar-refractivity contribution is 6.11. The number of amides is 3. The molecule has 0 saturated heterocycles. The number of hydrogen-bond acceptors (Lipinski definition) is 3. The number of benzene rings is 3. The van der Waals surface area contributed by atoms with Gasteiger partial charge in [0.2, 0.25) is 0 Å². The van der Waals surface area contributed by atoms with Gasteiger partial charge in [-0.2, -0.15) is 0 Å². The maximum Gasteiger partial charge on any atom is 0.329 e. The highest BCUT2D eigenvalue weighted by Gasteiger charge is 2.51. The van der Waals surface area contributed by atoms with Crippen molar-refractivity contribution < 1.29 is 14.7 Å². The van der Waals surface area contributed by atoms with Gasteiger partial charge in [-0.1, -0.05) is 66.7 Å². The average molecular weight is 373 g/mol. The van der Waals surface area contributed by atoms with Gasteiger partial charge in [0.1, 0.15) is 0 Å². The smallest absolute Gasteiger partial charge is 0.329 e. The first-order valence-electron chi connectivity index (χ1n) is 8.91. The van der Waals surface area contributed by atoms with Gasteiger partial charge in [0.25, 0.3) is 11.6 Å². The van der Waals surface area contributed by atoms with E-state index in [1.165, 1.54) is 0 Å². The van der Waals surface area contributed by atoms with Crippen LogP contribution >= 0.6 is 0 Å². The Morgan fingerprint density at radius 2 is 1.54 bits per heavy atom. The number of carbonyl (C=O) groups excluding carboxylic acids is 2. The van der Waals surface area contributed by atoms with Gasteiger partial charge >= 0.3 is 6.03 Å². The minimum Gasteiger partial charge on any atom is -0.359 e. The van der Waals surface area contributed by atoms with Crippen molar-refractivity contribution >= 4 is 23.3 Å². The van der Waals surface area contributed by atoms with Crippen molar-refractivity contribution in [2.24, 2.45) is 0 Å². The standard InChI is InChI=1S/C22H19N3O3/c26-20(23-15-16-9-3-1-4-10-16)22(28)18-13-7-8-14-19(18)24-21(27)25(22)17-11-5-2-6-12-17/h1-14,28H,15H2,(H,23,26)(H,24,27)/t22-/m1/s1. The van der Waals surface area contributed by atoms with E-state index in [0.29, 0.717) is 16.9 Å². The molecular formula is C22H19N3O3. The molecule has 28 heavy (non-hydrogen) atoms. The second-order valence-electron chi connectivity index (χ2n) is 6.49. The zero-order valence-corrected chi connectivity index (χ0v) is 15.0. The van der Waals surface area contributed by atoms with E-state index >= 15 is 0 Å². The number of anilines is 2. The quantitative estimate of drug-likeness (QED) is 0.657. The molecule has 0 radical (unpaired) electrons. The molecule has 140 valence electrons. The van der Waals surface area contributed by atoms with Crippen LogP contribution < -0.4 is 15.5 Å². The Balaban J connectivity index is 1.76. The number of nitrogens with one attached hydrogen (secondary N) is 2. The van der Waals surface area contributed by atoms with Crippen LogP contribution in [0, 0.1) is 0 Å². The molecule has 4 rings (SSSR count). The van der Waals surface area contributed by atoms with Crippen LogP contribution in [0.25, 0.3) is 0 Å². The van der Waals surface area contributed by atoms with Crippen LogP contribution in [0.4, 0.5) is 16.2 Å². The second-order valence-corrected chi connectivity index (χ2v) is 6.49. The molecule has 6 heteroatoms. The van der Waals surface area contributed by atoms with Crippen LogP contribution in [0.2, 0.25) is 0 Å². The molecule has 0 fully saturated rings. The fourth-order valence-electron chi connectivity index (χ4n) is 3.34. The number of para-hydroxylation sites is 2. The van der Waals surface area contributed by atoms with Crippen LogP contribution in [-0.2, 0) is 17.1 Å². The first-order valence-corrected chi connectivity index (χ1v) is 8.91. The predicted molar refractivity (Wildman–Crippen MR) is 107 cm³/mol. The van der Waals surface area contributed by atoms with E-state index in [4.69, 9.17) is 0 Å². The molecule has 0 unspecified atom stereocenters. The molecular weight excluding hydrogens is 354 g/mol. The van der Waals surface area contributed by atoms with Crippen molar-refractivity contribution in [1.82, 2.24) is 5.32 Å². The normalized spacial score (nSPS) is 18.2. The largest absolute Gasteiger partial charge is 0.359 e. The molecule has 1 heterocycles. The SMILES string of the molecule is O=C1Nc2ccccc2[C@@](O)(C(=O)NCc2ccccc2)N1c1ccccc1. The molecule has 0 aliphatic carbocycles. The topological polar surface area (TPSA) is 81.7 Å². The number of aliphatic hydroxyl groups is 1. The third-order valence-electron chi connectivity index (χ3n) is 4.70. The molecule has 3 N–H and O–H groups in total. The van der Waals surface area contributed by atoms with Crippen molar-refractivity contribution in [2.45, 2.75) is 12.3 Å². The van der Waals surface area contributed by atoms with Gasteiger partial charge in [-0.05, 0) is 23.8 Å². The Kier molecular flexibility index (Phi) is 4.55. The monoisotopic (exact) mass is 373 g/mol. The van der Waals surface area contributed by atoms with E-state index in [1.54, 1.807) is 54.6 Å². The molecule has 0 bridgehead atoms. The summed E-state index contributed by atoms with van der Waals surface area (Å²) >= 11 is 0. The van der Waals surface area contributed by atoms with Crippen molar-refractivity contribution in [3.8, 4) is 0 Å². The van der Waals surface area contributed by atoms with E-state index in [9.17, 15) is 14.7 Å². The maximum absolute atomic E-state index is 13.2. The van der Waals surface area contributed by atoms with Gasteiger partial charge in [-0.15, -0.1) is 0 Å². The zero-order valence-electron chi connectivity index (χ0n) is 15.0. The van der Waals surface area contributed by atoms with E-state index in [1.807, 2.05) is 30.3 Å². The highest BCUT2D eigenvalue weighted by atomic mass is 16.3. The summed E-state index contributed by atoms with van der Waals surface area (Å²) < 4.78 is 0. The number of nitrogens with zero attached hydrogens (tertiary/aromatic N) is 1. The lowest BCUT2D eigenvalue weighted by Gasteiger charge is -2.42. The Bertz CT molecular complexity index is 1010. The summed E-state index contributed by atoms with van der Waals surface area (Å²) in [5.41, 5.74) is -0.179. The molecule has 0 spiro atoms. The van der Waals surface area contributed by atoms with E-state index in [0.717, 1.165) is 10.5 Å². The summed E-state index contributed by atoms with van der Waals surface area (Å²) in [4.78, 5) is 27.1. The molecule has 1 aliphatic heterocycles. The maximum atomic E-state index is 13.2. The fourth-order valence-corrected chi connectivity index (χ4v) is 3.34. The van der Waals surface area contributed by atoms with Gasteiger partial charge in [0, 0.05) is 17.8 Å². The molecule has 1 atom stereocenters. The lowest BCUT2D eigenvalue weighted by atomic mass is 9.94. The Hall–Kier alpha value is -3.64. The number of rotatable bonds is 4. The Morgan fingerprint density at radius 1 is 0.929 bits per heavy atom. The van der Waals surface area contributed by atoms with E-state index in [-0.39, 0.29) is 6.54 Å². The van der Waals surface area contributed by atoms with Gasteiger partial charge < -0.3 is 15.7 Å². The lowest BCUT2D eigenvalue weighted by Crippen LogP contribution is -2.62. The summed E-state index contributed by atoms with van der Waals surface area (Å²) in [7, 11) is 0. The molecule has 6 nitrogen and oxygen atoms in total. The van der Waals surface area contributed by atoms with Crippen molar-refractivity contribution in [3.63, 3.8) is 0 Å². The number of urea groups is 1. The number of fused-ring (bicyclic) bond motifs is 1. The van der Waals surface area contributed by atoms with Crippen LogP contribution in [-0.4, -0.2) is 17.0 Å². The van der Waals surface area contributed by atoms with Crippen LogP contribution in [0.15, 0.2) is 84.9 Å². The number of hydrogen-bond donors (Lipinski definition) is 3. The Morgan fingerprint density at radius 3 is 2.25 bits per heavy atom. The molecule has 1 aliphatic rings. The van der Waals surface area contributed by atoms with E-state index < -0.39 is 17.7 Å².